The van der Waals surface area contributed by atoms with Gasteiger partial charge in [-0.15, -0.1) is 0 Å². The van der Waals surface area contributed by atoms with Crippen molar-refractivity contribution in [1.82, 2.24) is 10.2 Å². The van der Waals surface area contributed by atoms with Crippen LogP contribution in [0.4, 0.5) is 4.39 Å². The Balaban J connectivity index is 1.66. The molecule has 2 aromatic rings. The van der Waals surface area contributed by atoms with Crippen molar-refractivity contribution in [3.63, 3.8) is 0 Å². The number of rotatable bonds is 7. The number of carbonyl (C=O) groups is 1. The Hall–Kier alpha value is -2.28. The topological polar surface area (TPSA) is 61.8 Å². The molecule has 1 unspecified atom stereocenters. The minimum absolute atomic E-state index is 0.113. The van der Waals surface area contributed by atoms with Gasteiger partial charge in [-0.1, -0.05) is 24.3 Å². The molecule has 1 aliphatic rings. The van der Waals surface area contributed by atoms with E-state index in [2.05, 4.69) is 10.2 Å². The lowest BCUT2D eigenvalue weighted by atomic mass is 10.0. The monoisotopic (exact) mass is 358 g/mol. The number of carboxylic acid groups (broad SMARTS) is 1. The number of halogens is 1. The lowest BCUT2D eigenvalue weighted by molar-refractivity contribution is 0.0161. The van der Waals surface area contributed by atoms with Gasteiger partial charge in [0.1, 0.15) is 5.82 Å². The van der Waals surface area contributed by atoms with Crippen LogP contribution in [-0.4, -0.2) is 48.8 Å². The molecule has 2 aromatic carbocycles. The van der Waals surface area contributed by atoms with Gasteiger partial charge in [-0.3, -0.25) is 4.90 Å². The predicted octanol–water partition coefficient (Wildman–Crippen LogP) is 2.69. The number of carboxylic acids is 1. The van der Waals surface area contributed by atoms with Crippen LogP contribution in [0.5, 0.6) is 0 Å². The van der Waals surface area contributed by atoms with Crippen LogP contribution >= 0.6 is 0 Å². The van der Waals surface area contributed by atoms with E-state index in [0.717, 1.165) is 24.2 Å². The van der Waals surface area contributed by atoms with Crippen LogP contribution in [0.15, 0.2) is 48.5 Å². The number of hydrogen-bond donors (Lipinski definition) is 2. The molecule has 5 nitrogen and oxygen atoms in total. The number of benzene rings is 2. The summed E-state index contributed by atoms with van der Waals surface area (Å²) in [5.41, 5.74) is 2.26. The van der Waals surface area contributed by atoms with Crippen LogP contribution < -0.4 is 5.32 Å². The summed E-state index contributed by atoms with van der Waals surface area (Å²) < 4.78 is 18.7. The highest BCUT2D eigenvalue weighted by Crippen LogP contribution is 2.22. The Morgan fingerprint density at radius 1 is 1.19 bits per heavy atom. The molecular weight excluding hydrogens is 335 g/mol. The van der Waals surface area contributed by atoms with Gasteiger partial charge in [0, 0.05) is 32.2 Å². The van der Waals surface area contributed by atoms with Crippen LogP contribution in [0, 0.1) is 5.82 Å². The number of aromatic carboxylic acids is 1. The first-order valence-electron chi connectivity index (χ1n) is 8.74. The van der Waals surface area contributed by atoms with Crippen LogP contribution in [-0.2, 0) is 11.3 Å². The zero-order valence-electron chi connectivity index (χ0n) is 14.5. The van der Waals surface area contributed by atoms with Crippen molar-refractivity contribution < 1.29 is 19.0 Å². The fourth-order valence-corrected chi connectivity index (χ4v) is 3.20. The average molecular weight is 358 g/mol. The Labute approximate surface area is 152 Å². The first kappa shape index (κ1) is 18.5. The molecule has 0 amide bonds. The molecule has 6 heteroatoms. The molecule has 2 N–H and O–H groups in total. The number of nitrogens with one attached hydrogen (secondary N) is 1. The number of morpholine rings is 1. The van der Waals surface area contributed by atoms with Crippen molar-refractivity contribution in [2.24, 2.45) is 0 Å². The Morgan fingerprint density at radius 3 is 2.62 bits per heavy atom. The fraction of sp³-hybridized carbons (Fsp3) is 0.350. The van der Waals surface area contributed by atoms with Crippen LogP contribution in [0.3, 0.4) is 0 Å². The zero-order valence-corrected chi connectivity index (χ0v) is 14.5. The molecule has 1 aliphatic heterocycles. The minimum atomic E-state index is -0.927. The molecule has 0 bridgehead atoms. The van der Waals surface area contributed by atoms with Gasteiger partial charge in [0.2, 0.25) is 0 Å². The molecule has 26 heavy (non-hydrogen) atoms. The first-order valence-corrected chi connectivity index (χ1v) is 8.74. The summed E-state index contributed by atoms with van der Waals surface area (Å²) >= 11 is 0. The highest BCUT2D eigenvalue weighted by molar-refractivity contribution is 5.87. The SMILES string of the molecule is O=C(O)c1cccc(CNCC(c2ccc(F)cc2)N2CCOCC2)c1. The maximum atomic E-state index is 13.3. The molecule has 0 saturated carbocycles. The molecule has 1 atom stereocenters. The van der Waals surface area contributed by atoms with E-state index in [1.807, 2.05) is 18.2 Å². The van der Waals surface area contributed by atoms with Crippen molar-refractivity contribution in [1.29, 1.82) is 0 Å². The molecule has 0 radical (unpaired) electrons. The van der Waals surface area contributed by atoms with E-state index >= 15 is 0 Å². The van der Waals surface area contributed by atoms with Gasteiger partial charge in [0.25, 0.3) is 0 Å². The van der Waals surface area contributed by atoms with E-state index in [0.29, 0.717) is 26.3 Å². The van der Waals surface area contributed by atoms with E-state index in [9.17, 15) is 9.18 Å². The summed E-state index contributed by atoms with van der Waals surface area (Å²) in [7, 11) is 0. The lowest BCUT2D eigenvalue weighted by Crippen LogP contribution is -2.42. The van der Waals surface area contributed by atoms with E-state index < -0.39 is 5.97 Å². The molecule has 1 saturated heterocycles. The van der Waals surface area contributed by atoms with E-state index in [1.165, 1.54) is 12.1 Å². The third-order valence-electron chi connectivity index (χ3n) is 4.58. The molecule has 0 aromatic heterocycles. The van der Waals surface area contributed by atoms with Crippen LogP contribution in [0.2, 0.25) is 0 Å². The molecular formula is C20H23FN2O3. The van der Waals surface area contributed by atoms with Crippen molar-refractivity contribution in [2.45, 2.75) is 12.6 Å². The zero-order chi connectivity index (χ0) is 18.4. The van der Waals surface area contributed by atoms with E-state index in [-0.39, 0.29) is 17.4 Å². The second-order valence-electron chi connectivity index (χ2n) is 6.35. The van der Waals surface area contributed by atoms with Crippen LogP contribution in [0.1, 0.15) is 27.5 Å². The minimum Gasteiger partial charge on any atom is -0.478 e. The Morgan fingerprint density at radius 2 is 1.92 bits per heavy atom. The highest BCUT2D eigenvalue weighted by atomic mass is 19.1. The van der Waals surface area contributed by atoms with Crippen molar-refractivity contribution >= 4 is 5.97 Å². The maximum absolute atomic E-state index is 13.3. The molecule has 0 aliphatic carbocycles. The number of nitrogens with zero attached hydrogens (tertiary/aromatic N) is 1. The molecule has 1 heterocycles. The second kappa shape index (κ2) is 8.89. The first-order chi connectivity index (χ1) is 12.6. The predicted molar refractivity (Wildman–Crippen MR) is 96.6 cm³/mol. The third-order valence-corrected chi connectivity index (χ3v) is 4.58. The Bertz CT molecular complexity index is 730. The quantitative estimate of drug-likeness (QED) is 0.797. The second-order valence-corrected chi connectivity index (χ2v) is 6.35. The number of hydrogen-bond acceptors (Lipinski definition) is 4. The largest absolute Gasteiger partial charge is 0.478 e. The van der Waals surface area contributed by atoms with Gasteiger partial charge in [-0.25, -0.2) is 9.18 Å². The lowest BCUT2D eigenvalue weighted by Gasteiger charge is -2.35. The Kier molecular flexibility index (Phi) is 6.33. The fourth-order valence-electron chi connectivity index (χ4n) is 3.20. The van der Waals surface area contributed by atoms with Gasteiger partial charge in [0.15, 0.2) is 0 Å². The van der Waals surface area contributed by atoms with Gasteiger partial charge < -0.3 is 15.2 Å². The molecule has 0 spiro atoms. The summed E-state index contributed by atoms with van der Waals surface area (Å²) in [4.78, 5) is 13.4. The van der Waals surface area contributed by atoms with Gasteiger partial charge >= 0.3 is 5.97 Å². The summed E-state index contributed by atoms with van der Waals surface area (Å²) in [5.74, 6) is -1.17. The third kappa shape index (κ3) is 4.88. The van der Waals surface area contributed by atoms with Gasteiger partial charge in [-0.05, 0) is 35.4 Å². The van der Waals surface area contributed by atoms with Gasteiger partial charge in [-0.2, -0.15) is 0 Å². The summed E-state index contributed by atoms with van der Waals surface area (Å²) in [6.45, 7) is 4.30. The summed E-state index contributed by atoms with van der Waals surface area (Å²) in [6.07, 6.45) is 0. The average Bonchev–Trinajstić information content (AvgIpc) is 2.67. The maximum Gasteiger partial charge on any atom is 0.335 e. The summed E-state index contributed by atoms with van der Waals surface area (Å²) in [6, 6.07) is 13.6. The van der Waals surface area contributed by atoms with Crippen molar-refractivity contribution in [3.8, 4) is 0 Å². The molecule has 1 fully saturated rings. The normalized spacial score (nSPS) is 16.3. The molecule has 138 valence electrons. The number of ether oxygens (including phenoxy) is 1. The molecule has 3 rings (SSSR count). The van der Waals surface area contributed by atoms with E-state index in [1.54, 1.807) is 18.2 Å². The highest BCUT2D eigenvalue weighted by Gasteiger charge is 2.22. The summed E-state index contributed by atoms with van der Waals surface area (Å²) in [5, 5.41) is 12.5. The van der Waals surface area contributed by atoms with Crippen LogP contribution in [0.25, 0.3) is 0 Å². The van der Waals surface area contributed by atoms with Gasteiger partial charge in [0.05, 0.1) is 18.8 Å². The van der Waals surface area contributed by atoms with Crippen molar-refractivity contribution in [2.75, 3.05) is 32.8 Å². The van der Waals surface area contributed by atoms with E-state index in [4.69, 9.17) is 9.84 Å². The van der Waals surface area contributed by atoms with Crippen molar-refractivity contribution in [3.05, 3.63) is 71.0 Å². The smallest absolute Gasteiger partial charge is 0.335 e. The standard InChI is InChI=1S/C20H23FN2O3/c21-18-6-4-16(5-7-18)19(23-8-10-26-11-9-23)14-22-13-15-2-1-3-17(12-15)20(24)25/h1-7,12,19,22H,8-11,13-14H2,(H,24,25).